The molecule has 1 aliphatic heterocycles. The molecule has 1 saturated heterocycles. The Balaban J connectivity index is 1.77. The van der Waals surface area contributed by atoms with E-state index in [2.05, 4.69) is 9.79 Å². The first-order valence-electron chi connectivity index (χ1n) is 7.10. The van der Waals surface area contributed by atoms with E-state index in [0.717, 1.165) is 0 Å². The molecule has 4 amide bonds. The van der Waals surface area contributed by atoms with Gasteiger partial charge < -0.3 is 9.94 Å². The van der Waals surface area contributed by atoms with Crippen LogP contribution in [0.3, 0.4) is 0 Å². The molecule has 0 aliphatic carbocycles. The summed E-state index contributed by atoms with van der Waals surface area (Å²) in [5.74, 6) is -1.16. The number of hydrogen-bond acceptors (Lipinski definition) is 7. The average molecular weight is 344 g/mol. The van der Waals surface area contributed by atoms with Gasteiger partial charge in [-0.1, -0.05) is 12.1 Å². The summed E-state index contributed by atoms with van der Waals surface area (Å²) in [6.45, 7) is 1.55. The number of rotatable bonds is 4. The van der Waals surface area contributed by atoms with Crippen LogP contribution in [-0.2, 0) is 16.2 Å². The minimum absolute atomic E-state index is 0.0612. The second kappa shape index (κ2) is 6.43. The molecule has 1 aromatic heterocycles. The standard InChI is InChI=1S/C15H12N4O6/c1-8-12(19(23)25-18-8)7-24-10-4-2-3-9(5-10)6-11-13(20)16-15(22)17-14(11)21/h2-6H,7H2,1H3,(H2,16,17,20,21,22). The lowest BCUT2D eigenvalue weighted by Crippen LogP contribution is -2.51. The number of aryl methyl sites for hydroxylation is 1. The number of carbonyl (C=O) groups is 3. The van der Waals surface area contributed by atoms with E-state index in [4.69, 9.17) is 4.74 Å². The molecule has 0 bridgehead atoms. The lowest BCUT2D eigenvalue weighted by molar-refractivity contribution is -0.808. The van der Waals surface area contributed by atoms with Gasteiger partial charge in [0.15, 0.2) is 6.61 Å². The van der Waals surface area contributed by atoms with Crippen LogP contribution in [-0.4, -0.2) is 23.0 Å². The maximum absolute atomic E-state index is 11.7. The van der Waals surface area contributed by atoms with Gasteiger partial charge in [-0.2, -0.15) is 0 Å². The van der Waals surface area contributed by atoms with E-state index in [1.54, 1.807) is 31.2 Å². The van der Waals surface area contributed by atoms with Crippen molar-refractivity contribution in [3.05, 3.63) is 52.0 Å². The normalized spacial score (nSPS) is 14.1. The van der Waals surface area contributed by atoms with Gasteiger partial charge in [0.2, 0.25) is 11.4 Å². The highest BCUT2D eigenvalue weighted by atomic mass is 16.8. The van der Waals surface area contributed by atoms with E-state index in [0.29, 0.717) is 17.0 Å². The van der Waals surface area contributed by atoms with E-state index < -0.39 is 17.8 Å². The number of amides is 4. The van der Waals surface area contributed by atoms with Gasteiger partial charge in [0.05, 0.1) is 0 Å². The van der Waals surface area contributed by atoms with Crippen molar-refractivity contribution in [2.75, 3.05) is 0 Å². The van der Waals surface area contributed by atoms with Crippen LogP contribution >= 0.6 is 0 Å². The summed E-state index contributed by atoms with van der Waals surface area (Å²) in [5, 5.41) is 18.9. The van der Waals surface area contributed by atoms with Crippen molar-refractivity contribution < 1.29 is 28.7 Å². The number of ether oxygens (including phenoxy) is 1. The molecule has 0 unspecified atom stereocenters. The Morgan fingerprint density at radius 3 is 2.64 bits per heavy atom. The molecule has 0 radical (unpaired) electrons. The van der Waals surface area contributed by atoms with Crippen LogP contribution in [0.2, 0.25) is 0 Å². The zero-order valence-electron chi connectivity index (χ0n) is 12.9. The summed E-state index contributed by atoms with van der Waals surface area (Å²) < 4.78 is 9.95. The van der Waals surface area contributed by atoms with Gasteiger partial charge in [0.25, 0.3) is 11.8 Å². The molecule has 2 N–H and O–H groups in total. The van der Waals surface area contributed by atoms with Crippen molar-refractivity contribution in [3.63, 3.8) is 0 Å². The number of imide groups is 2. The first-order chi connectivity index (χ1) is 11.9. The quantitative estimate of drug-likeness (QED) is 0.450. The number of aromatic nitrogens is 2. The van der Waals surface area contributed by atoms with Crippen LogP contribution in [0.15, 0.2) is 34.5 Å². The highest BCUT2D eigenvalue weighted by Gasteiger charge is 2.27. The maximum atomic E-state index is 11.7. The minimum Gasteiger partial charge on any atom is -0.485 e. The molecule has 1 aliphatic rings. The molecule has 3 rings (SSSR count). The number of urea groups is 1. The fraction of sp³-hybridized carbons (Fsp3) is 0.133. The van der Waals surface area contributed by atoms with Gasteiger partial charge in [-0.05, 0) is 28.7 Å². The number of benzene rings is 1. The SMILES string of the molecule is Cc1no[n+]([O-])c1COc1cccc(C=C2C(=O)NC(=O)NC2=O)c1. The topological polar surface area (TPSA) is 137 Å². The molecule has 2 heterocycles. The summed E-state index contributed by atoms with van der Waals surface area (Å²) in [6, 6.07) is 5.65. The Morgan fingerprint density at radius 2 is 2.00 bits per heavy atom. The lowest BCUT2D eigenvalue weighted by Gasteiger charge is -2.14. The van der Waals surface area contributed by atoms with E-state index in [9.17, 15) is 19.6 Å². The van der Waals surface area contributed by atoms with Gasteiger partial charge in [-0.3, -0.25) is 24.9 Å². The van der Waals surface area contributed by atoms with Crippen LogP contribution in [0, 0.1) is 12.1 Å². The number of carbonyl (C=O) groups excluding carboxylic acids is 3. The summed E-state index contributed by atoms with van der Waals surface area (Å²) in [6.07, 6.45) is 1.32. The first-order valence-corrected chi connectivity index (χ1v) is 7.10. The molecular formula is C15H12N4O6. The van der Waals surface area contributed by atoms with Crippen LogP contribution in [0.25, 0.3) is 6.08 Å². The van der Waals surface area contributed by atoms with Crippen molar-refractivity contribution in [2.24, 2.45) is 0 Å². The van der Waals surface area contributed by atoms with Crippen molar-refractivity contribution in [2.45, 2.75) is 13.5 Å². The zero-order chi connectivity index (χ0) is 18.0. The third kappa shape index (κ3) is 3.47. The zero-order valence-corrected chi connectivity index (χ0v) is 12.9. The molecule has 128 valence electrons. The van der Waals surface area contributed by atoms with Gasteiger partial charge >= 0.3 is 6.03 Å². The fourth-order valence-electron chi connectivity index (χ4n) is 2.11. The second-order valence-electron chi connectivity index (χ2n) is 5.12. The predicted molar refractivity (Wildman–Crippen MR) is 80.6 cm³/mol. The fourth-order valence-corrected chi connectivity index (χ4v) is 2.11. The Morgan fingerprint density at radius 1 is 1.28 bits per heavy atom. The number of hydrogen-bond donors (Lipinski definition) is 2. The second-order valence-corrected chi connectivity index (χ2v) is 5.12. The van der Waals surface area contributed by atoms with E-state index in [1.807, 2.05) is 10.6 Å². The lowest BCUT2D eigenvalue weighted by atomic mass is 10.1. The molecule has 1 aromatic carbocycles. The largest absolute Gasteiger partial charge is 0.485 e. The average Bonchev–Trinajstić information content (AvgIpc) is 2.88. The molecular weight excluding hydrogens is 332 g/mol. The molecule has 0 spiro atoms. The Labute approximate surface area is 140 Å². The summed E-state index contributed by atoms with van der Waals surface area (Å²) in [7, 11) is 0. The Kier molecular flexibility index (Phi) is 4.16. The maximum Gasteiger partial charge on any atom is 0.328 e. The van der Waals surface area contributed by atoms with Crippen LogP contribution in [0.4, 0.5) is 4.79 Å². The van der Waals surface area contributed by atoms with Gasteiger partial charge in [0, 0.05) is 12.1 Å². The van der Waals surface area contributed by atoms with Crippen molar-refractivity contribution >= 4 is 23.9 Å². The van der Waals surface area contributed by atoms with Crippen molar-refractivity contribution in [3.8, 4) is 5.75 Å². The molecule has 25 heavy (non-hydrogen) atoms. The van der Waals surface area contributed by atoms with Gasteiger partial charge in [0.1, 0.15) is 11.3 Å². The predicted octanol–water partition coefficient (Wildman–Crippen LogP) is -0.0552. The van der Waals surface area contributed by atoms with Crippen LogP contribution in [0.5, 0.6) is 5.75 Å². The van der Waals surface area contributed by atoms with Gasteiger partial charge in [-0.25, -0.2) is 4.79 Å². The molecule has 2 aromatic rings. The van der Waals surface area contributed by atoms with Crippen LogP contribution in [0.1, 0.15) is 17.0 Å². The van der Waals surface area contributed by atoms with E-state index in [1.165, 1.54) is 6.08 Å². The van der Waals surface area contributed by atoms with Crippen molar-refractivity contribution in [1.82, 2.24) is 15.8 Å². The Hall–Kier alpha value is -3.69. The minimum atomic E-state index is -0.862. The molecule has 10 heteroatoms. The number of nitrogens with zero attached hydrogens (tertiary/aromatic N) is 2. The van der Waals surface area contributed by atoms with Crippen LogP contribution < -0.4 is 20.3 Å². The first kappa shape index (κ1) is 16.2. The monoisotopic (exact) mass is 344 g/mol. The third-order valence-electron chi connectivity index (χ3n) is 3.38. The molecule has 10 nitrogen and oxygen atoms in total. The smallest absolute Gasteiger partial charge is 0.328 e. The Bertz CT molecular complexity index is 860. The van der Waals surface area contributed by atoms with Crippen molar-refractivity contribution in [1.29, 1.82) is 0 Å². The molecule has 0 saturated carbocycles. The van der Waals surface area contributed by atoms with Gasteiger partial charge in [-0.15, -0.1) is 0 Å². The van der Waals surface area contributed by atoms with E-state index >= 15 is 0 Å². The third-order valence-corrected chi connectivity index (χ3v) is 3.38. The number of barbiturate groups is 1. The summed E-state index contributed by atoms with van der Waals surface area (Å²) in [4.78, 5) is 34.7. The van der Waals surface area contributed by atoms with E-state index in [-0.39, 0.29) is 22.8 Å². The highest BCUT2D eigenvalue weighted by Crippen LogP contribution is 2.18. The molecule has 1 fully saturated rings. The highest BCUT2D eigenvalue weighted by molar-refractivity contribution is 6.31. The molecule has 0 atom stereocenters. The summed E-state index contributed by atoms with van der Waals surface area (Å²) >= 11 is 0. The number of nitrogens with one attached hydrogen (secondary N) is 2. The summed E-state index contributed by atoms with van der Waals surface area (Å²) in [5.41, 5.74) is 0.940.